The minimum Gasteiger partial charge on any atom is -0.493 e. The van der Waals surface area contributed by atoms with E-state index in [4.69, 9.17) is 9.94 Å². The van der Waals surface area contributed by atoms with Gasteiger partial charge < -0.3 is 15.3 Å². The number of benzene rings is 1. The lowest BCUT2D eigenvalue weighted by Crippen LogP contribution is -2.24. The molecular weight excluding hydrogens is 244 g/mol. The van der Waals surface area contributed by atoms with Crippen molar-refractivity contribution in [1.82, 2.24) is 5.32 Å². The van der Waals surface area contributed by atoms with Crippen LogP contribution in [0.2, 0.25) is 0 Å². The topological polar surface area (TPSA) is 70.9 Å². The number of rotatable bonds is 5. The largest absolute Gasteiger partial charge is 0.493 e. The Morgan fingerprint density at radius 2 is 2.32 bits per heavy atom. The number of amides is 1. The van der Waals surface area contributed by atoms with Gasteiger partial charge in [-0.05, 0) is 25.8 Å². The van der Waals surface area contributed by atoms with Gasteiger partial charge in [-0.15, -0.1) is 0 Å². The normalized spacial score (nSPS) is 15.3. The van der Waals surface area contributed by atoms with Gasteiger partial charge in [0, 0.05) is 17.7 Å². The average molecular weight is 262 g/mol. The van der Waals surface area contributed by atoms with Crippen LogP contribution in [0.5, 0.6) is 5.75 Å². The zero-order valence-corrected chi connectivity index (χ0v) is 11.0. The van der Waals surface area contributed by atoms with Crippen molar-refractivity contribution < 1.29 is 14.7 Å². The predicted octanol–water partition coefficient (Wildman–Crippen LogP) is 1.72. The summed E-state index contributed by atoms with van der Waals surface area (Å²) in [5.41, 5.74) is 2.70. The Bertz CT molecular complexity index is 497. The van der Waals surface area contributed by atoms with Crippen LogP contribution in [0, 0.1) is 0 Å². The van der Waals surface area contributed by atoms with Gasteiger partial charge in [0.2, 0.25) is 5.91 Å². The SMILES string of the molecule is CCNC(=O)CCOc1cccc2c1CCC2=NO. The van der Waals surface area contributed by atoms with E-state index in [1.807, 2.05) is 25.1 Å². The molecule has 5 heteroatoms. The van der Waals surface area contributed by atoms with E-state index in [2.05, 4.69) is 10.5 Å². The summed E-state index contributed by atoms with van der Waals surface area (Å²) in [6.45, 7) is 2.88. The highest BCUT2D eigenvalue weighted by molar-refractivity contribution is 6.04. The van der Waals surface area contributed by atoms with Gasteiger partial charge in [0.25, 0.3) is 0 Å². The van der Waals surface area contributed by atoms with Crippen molar-refractivity contribution in [1.29, 1.82) is 0 Å². The molecule has 1 aromatic carbocycles. The Morgan fingerprint density at radius 1 is 1.47 bits per heavy atom. The van der Waals surface area contributed by atoms with Crippen LogP contribution in [-0.4, -0.2) is 30.0 Å². The quantitative estimate of drug-likeness (QED) is 0.627. The summed E-state index contributed by atoms with van der Waals surface area (Å²) in [4.78, 5) is 11.3. The van der Waals surface area contributed by atoms with Gasteiger partial charge in [0.05, 0.1) is 18.7 Å². The molecular formula is C14H18N2O3. The molecule has 5 nitrogen and oxygen atoms in total. The predicted molar refractivity (Wildman–Crippen MR) is 71.9 cm³/mol. The lowest BCUT2D eigenvalue weighted by Gasteiger charge is -2.10. The monoisotopic (exact) mass is 262 g/mol. The van der Waals surface area contributed by atoms with Crippen molar-refractivity contribution in [3.63, 3.8) is 0 Å². The van der Waals surface area contributed by atoms with Crippen LogP contribution in [0.15, 0.2) is 23.4 Å². The molecule has 1 aromatic rings. The van der Waals surface area contributed by atoms with Crippen LogP contribution in [0.4, 0.5) is 0 Å². The van der Waals surface area contributed by atoms with Gasteiger partial charge in [-0.1, -0.05) is 17.3 Å². The molecule has 0 spiro atoms. The van der Waals surface area contributed by atoms with E-state index < -0.39 is 0 Å². The fourth-order valence-corrected chi connectivity index (χ4v) is 2.25. The minimum atomic E-state index is -0.00677. The molecule has 0 saturated heterocycles. The zero-order chi connectivity index (χ0) is 13.7. The van der Waals surface area contributed by atoms with E-state index in [1.54, 1.807) is 0 Å². The highest BCUT2D eigenvalue weighted by Crippen LogP contribution is 2.30. The molecule has 0 bridgehead atoms. The van der Waals surface area contributed by atoms with Gasteiger partial charge in [0.1, 0.15) is 5.75 Å². The highest BCUT2D eigenvalue weighted by Gasteiger charge is 2.21. The Hall–Kier alpha value is -2.04. The summed E-state index contributed by atoms with van der Waals surface area (Å²) in [5, 5.41) is 14.9. The molecule has 0 heterocycles. The van der Waals surface area contributed by atoms with E-state index >= 15 is 0 Å². The third-order valence-corrected chi connectivity index (χ3v) is 3.14. The number of carbonyl (C=O) groups excluding carboxylic acids is 1. The van der Waals surface area contributed by atoms with Gasteiger partial charge in [-0.2, -0.15) is 0 Å². The first-order chi connectivity index (χ1) is 9.26. The molecule has 2 rings (SSSR count). The van der Waals surface area contributed by atoms with Crippen molar-refractivity contribution in [3.8, 4) is 5.75 Å². The van der Waals surface area contributed by atoms with E-state index in [0.717, 1.165) is 29.7 Å². The van der Waals surface area contributed by atoms with Crippen LogP contribution in [0.3, 0.4) is 0 Å². The lowest BCUT2D eigenvalue weighted by molar-refractivity contribution is -0.121. The van der Waals surface area contributed by atoms with Gasteiger partial charge in [0.15, 0.2) is 0 Å². The molecule has 19 heavy (non-hydrogen) atoms. The molecule has 0 saturated carbocycles. The fourth-order valence-electron chi connectivity index (χ4n) is 2.25. The van der Waals surface area contributed by atoms with E-state index in [9.17, 15) is 4.79 Å². The average Bonchev–Trinajstić information content (AvgIpc) is 2.83. The van der Waals surface area contributed by atoms with Crippen LogP contribution < -0.4 is 10.1 Å². The Balaban J connectivity index is 1.99. The van der Waals surface area contributed by atoms with Crippen LogP contribution >= 0.6 is 0 Å². The fraction of sp³-hybridized carbons (Fsp3) is 0.429. The van der Waals surface area contributed by atoms with Gasteiger partial charge in [-0.3, -0.25) is 4.79 Å². The summed E-state index contributed by atoms with van der Waals surface area (Å²) >= 11 is 0. The summed E-state index contributed by atoms with van der Waals surface area (Å²) in [6.07, 6.45) is 1.88. The third kappa shape index (κ3) is 3.05. The number of ether oxygens (including phenoxy) is 1. The van der Waals surface area contributed by atoms with Crippen molar-refractivity contribution in [2.24, 2.45) is 5.16 Å². The first-order valence-corrected chi connectivity index (χ1v) is 6.49. The molecule has 0 unspecified atom stereocenters. The second kappa shape index (κ2) is 6.22. The molecule has 2 N–H and O–H groups in total. The molecule has 0 atom stereocenters. The van der Waals surface area contributed by atoms with Crippen molar-refractivity contribution in [2.45, 2.75) is 26.2 Å². The maximum Gasteiger partial charge on any atom is 0.223 e. The third-order valence-electron chi connectivity index (χ3n) is 3.14. The first-order valence-electron chi connectivity index (χ1n) is 6.49. The van der Waals surface area contributed by atoms with E-state index in [-0.39, 0.29) is 5.91 Å². The second-order valence-electron chi connectivity index (χ2n) is 4.38. The summed E-state index contributed by atoms with van der Waals surface area (Å²) in [7, 11) is 0. The van der Waals surface area contributed by atoms with Crippen molar-refractivity contribution >= 4 is 11.6 Å². The van der Waals surface area contributed by atoms with Crippen molar-refractivity contribution in [3.05, 3.63) is 29.3 Å². The summed E-state index contributed by atoms with van der Waals surface area (Å²) < 4.78 is 5.66. The molecule has 1 amide bonds. The molecule has 0 aliphatic heterocycles. The molecule has 0 aromatic heterocycles. The molecule has 1 aliphatic carbocycles. The Labute approximate surface area is 112 Å². The van der Waals surface area contributed by atoms with Gasteiger partial charge >= 0.3 is 0 Å². The summed E-state index contributed by atoms with van der Waals surface area (Å²) in [5.74, 6) is 0.771. The summed E-state index contributed by atoms with van der Waals surface area (Å²) in [6, 6.07) is 5.68. The van der Waals surface area contributed by atoms with Crippen LogP contribution in [0.1, 0.15) is 30.9 Å². The Morgan fingerprint density at radius 3 is 3.05 bits per heavy atom. The maximum atomic E-state index is 11.3. The molecule has 0 fully saturated rings. The standard InChI is InChI=1S/C14H18N2O3/c1-2-15-14(17)8-9-19-13-5-3-4-10-11(13)6-7-12(10)16-18/h3-5,18H,2,6-9H2,1H3,(H,15,17). The van der Waals surface area contributed by atoms with Crippen molar-refractivity contribution in [2.75, 3.05) is 13.2 Å². The Kier molecular flexibility index (Phi) is 4.39. The number of hydrogen-bond donors (Lipinski definition) is 2. The van der Waals surface area contributed by atoms with Crippen LogP contribution in [0.25, 0.3) is 0 Å². The van der Waals surface area contributed by atoms with E-state index in [1.165, 1.54) is 0 Å². The smallest absolute Gasteiger partial charge is 0.223 e. The minimum absolute atomic E-state index is 0.00677. The molecule has 1 aliphatic rings. The number of nitrogens with zero attached hydrogens (tertiary/aromatic N) is 1. The van der Waals surface area contributed by atoms with Gasteiger partial charge in [-0.25, -0.2) is 0 Å². The number of fused-ring (bicyclic) bond motifs is 1. The molecule has 0 radical (unpaired) electrons. The number of oxime groups is 1. The highest BCUT2D eigenvalue weighted by atomic mass is 16.5. The second-order valence-corrected chi connectivity index (χ2v) is 4.38. The molecule has 102 valence electrons. The number of hydrogen-bond acceptors (Lipinski definition) is 4. The first kappa shape index (κ1) is 13.4. The lowest BCUT2D eigenvalue weighted by atomic mass is 10.1. The number of nitrogens with one attached hydrogen (secondary N) is 1. The van der Waals surface area contributed by atoms with E-state index in [0.29, 0.717) is 25.3 Å². The van der Waals surface area contributed by atoms with Crippen LogP contribution in [-0.2, 0) is 11.2 Å². The number of carbonyl (C=O) groups is 1. The zero-order valence-electron chi connectivity index (χ0n) is 11.0. The maximum absolute atomic E-state index is 11.3.